The summed E-state index contributed by atoms with van der Waals surface area (Å²) in [5.74, 6) is 0.321. The second-order valence-corrected chi connectivity index (χ2v) is 6.83. The molecule has 4 aromatic rings. The van der Waals surface area contributed by atoms with Crippen molar-refractivity contribution >= 4 is 5.97 Å². The number of hydrogen-bond donors (Lipinski definition) is 0. The van der Waals surface area contributed by atoms with Gasteiger partial charge in [-0.05, 0) is 31.2 Å². The molecule has 5 heteroatoms. The van der Waals surface area contributed by atoms with Crippen molar-refractivity contribution in [1.82, 2.24) is 9.78 Å². The summed E-state index contributed by atoms with van der Waals surface area (Å²) in [7, 11) is 0. The van der Waals surface area contributed by atoms with Crippen molar-refractivity contribution < 1.29 is 14.3 Å². The molecule has 0 saturated heterocycles. The fourth-order valence-electron chi connectivity index (χ4n) is 3.05. The lowest BCUT2D eigenvalue weighted by atomic mass is 10.1. The maximum absolute atomic E-state index is 12.8. The zero-order chi connectivity index (χ0) is 20.8. The molecule has 0 atom stereocenters. The highest BCUT2D eigenvalue weighted by Crippen LogP contribution is 2.24. The zero-order valence-corrected chi connectivity index (χ0v) is 16.7. The number of rotatable bonds is 7. The van der Waals surface area contributed by atoms with Crippen molar-refractivity contribution in [2.45, 2.75) is 6.92 Å². The molecule has 0 aliphatic rings. The number of carbonyl (C=O) groups excluding carboxylic acids is 1. The number of benzene rings is 3. The lowest BCUT2D eigenvalue weighted by Crippen LogP contribution is -2.12. The van der Waals surface area contributed by atoms with Crippen LogP contribution in [0.15, 0.2) is 91.1 Å². The average Bonchev–Trinajstić information content (AvgIpc) is 3.25. The number of ether oxygens (including phenoxy) is 2. The monoisotopic (exact) mass is 398 g/mol. The van der Waals surface area contributed by atoms with Gasteiger partial charge in [0.25, 0.3) is 0 Å². The molecule has 0 bridgehead atoms. The number of esters is 1. The minimum Gasteiger partial charge on any atom is -0.490 e. The van der Waals surface area contributed by atoms with Crippen LogP contribution in [0.5, 0.6) is 5.75 Å². The maximum atomic E-state index is 12.8. The van der Waals surface area contributed by atoms with Crippen LogP contribution < -0.4 is 4.74 Å². The van der Waals surface area contributed by atoms with Crippen molar-refractivity contribution in [2.75, 3.05) is 13.2 Å². The molecule has 0 aliphatic heterocycles. The number of nitrogens with zero attached hydrogens (tertiary/aromatic N) is 2. The quantitative estimate of drug-likeness (QED) is 0.322. The van der Waals surface area contributed by atoms with E-state index < -0.39 is 5.97 Å². The molecule has 0 unspecified atom stereocenters. The van der Waals surface area contributed by atoms with Crippen molar-refractivity contribution in [3.05, 3.63) is 102 Å². The third-order valence-corrected chi connectivity index (χ3v) is 4.61. The van der Waals surface area contributed by atoms with Crippen LogP contribution in [0.2, 0.25) is 0 Å². The lowest BCUT2D eigenvalue weighted by molar-refractivity contribution is 0.0451. The molecule has 4 rings (SSSR count). The second kappa shape index (κ2) is 9.09. The van der Waals surface area contributed by atoms with E-state index in [0.717, 1.165) is 22.6 Å². The first-order valence-electron chi connectivity index (χ1n) is 9.78. The molecular formula is C25H22N2O3. The van der Waals surface area contributed by atoms with E-state index in [4.69, 9.17) is 9.47 Å². The number of aromatic nitrogens is 2. The van der Waals surface area contributed by atoms with Gasteiger partial charge in [-0.2, -0.15) is 5.10 Å². The molecule has 30 heavy (non-hydrogen) atoms. The molecule has 150 valence electrons. The summed E-state index contributed by atoms with van der Waals surface area (Å²) in [6, 6.07) is 27.0. The first kappa shape index (κ1) is 19.5. The third-order valence-electron chi connectivity index (χ3n) is 4.61. The van der Waals surface area contributed by atoms with Gasteiger partial charge in [-0.15, -0.1) is 0 Å². The van der Waals surface area contributed by atoms with Gasteiger partial charge in [-0.1, -0.05) is 66.2 Å². The van der Waals surface area contributed by atoms with Gasteiger partial charge in [-0.3, -0.25) is 0 Å². The summed E-state index contributed by atoms with van der Waals surface area (Å²) in [5.41, 5.74) is 3.90. The highest BCUT2D eigenvalue weighted by molar-refractivity contribution is 5.96. The van der Waals surface area contributed by atoms with E-state index in [-0.39, 0.29) is 13.2 Å². The molecule has 0 aliphatic carbocycles. The number of aryl methyl sites for hydroxylation is 1. The Bertz CT molecular complexity index is 1100. The molecule has 3 aromatic carbocycles. The number of carbonyl (C=O) groups is 1. The first-order chi connectivity index (χ1) is 14.7. The SMILES string of the molecule is Cc1ccc(OCCOC(=O)c2cn(-c3ccccc3)nc2-c2ccccc2)cc1. The fraction of sp³-hybridized carbons (Fsp3) is 0.120. The van der Waals surface area contributed by atoms with Crippen molar-refractivity contribution in [1.29, 1.82) is 0 Å². The van der Waals surface area contributed by atoms with Gasteiger partial charge < -0.3 is 9.47 Å². The Hall–Kier alpha value is -3.86. The van der Waals surface area contributed by atoms with Crippen LogP contribution >= 0.6 is 0 Å². The molecule has 0 spiro atoms. The standard InChI is InChI=1S/C25H22N2O3/c1-19-12-14-22(15-13-19)29-16-17-30-25(28)23-18-27(21-10-6-3-7-11-21)26-24(23)20-8-4-2-5-9-20/h2-15,18H,16-17H2,1H3. The molecule has 0 fully saturated rings. The number of hydrogen-bond acceptors (Lipinski definition) is 4. The third kappa shape index (κ3) is 4.58. The zero-order valence-electron chi connectivity index (χ0n) is 16.7. The molecule has 0 amide bonds. The van der Waals surface area contributed by atoms with Crippen molar-refractivity contribution in [2.24, 2.45) is 0 Å². The van der Waals surface area contributed by atoms with Gasteiger partial charge in [0, 0.05) is 11.8 Å². The Labute approximate surface area is 175 Å². The summed E-state index contributed by atoms with van der Waals surface area (Å²) >= 11 is 0. The number of para-hydroxylation sites is 1. The van der Waals surface area contributed by atoms with Crippen LogP contribution in [-0.2, 0) is 4.74 Å². The van der Waals surface area contributed by atoms with E-state index in [1.165, 1.54) is 0 Å². The summed E-state index contributed by atoms with van der Waals surface area (Å²) in [5, 5.41) is 4.64. The highest BCUT2D eigenvalue weighted by atomic mass is 16.6. The van der Waals surface area contributed by atoms with Gasteiger partial charge >= 0.3 is 5.97 Å². The molecule has 1 aromatic heterocycles. The minimum absolute atomic E-state index is 0.150. The largest absolute Gasteiger partial charge is 0.490 e. The van der Waals surface area contributed by atoms with E-state index in [9.17, 15) is 4.79 Å². The van der Waals surface area contributed by atoms with Crippen LogP contribution in [0.1, 0.15) is 15.9 Å². The van der Waals surface area contributed by atoms with Gasteiger partial charge in [0.2, 0.25) is 0 Å². The van der Waals surface area contributed by atoms with Crippen LogP contribution in [0, 0.1) is 6.92 Å². The van der Waals surface area contributed by atoms with Gasteiger partial charge in [0.1, 0.15) is 30.2 Å². The Balaban J connectivity index is 1.49. The molecule has 0 radical (unpaired) electrons. The summed E-state index contributed by atoms with van der Waals surface area (Å²) in [6.45, 7) is 2.45. The van der Waals surface area contributed by atoms with Gasteiger partial charge in [0.15, 0.2) is 0 Å². The van der Waals surface area contributed by atoms with Crippen molar-refractivity contribution in [3.63, 3.8) is 0 Å². The summed E-state index contributed by atoms with van der Waals surface area (Å²) in [6.07, 6.45) is 1.71. The summed E-state index contributed by atoms with van der Waals surface area (Å²) < 4.78 is 12.8. The lowest BCUT2D eigenvalue weighted by Gasteiger charge is -2.07. The van der Waals surface area contributed by atoms with E-state index in [1.54, 1.807) is 10.9 Å². The van der Waals surface area contributed by atoms with E-state index in [0.29, 0.717) is 11.3 Å². The Morgan fingerprint density at radius 1 is 0.867 bits per heavy atom. The van der Waals surface area contributed by atoms with E-state index in [2.05, 4.69) is 5.10 Å². The summed E-state index contributed by atoms with van der Waals surface area (Å²) in [4.78, 5) is 12.8. The van der Waals surface area contributed by atoms with E-state index >= 15 is 0 Å². The Kier molecular flexibility index (Phi) is 5.90. The normalized spacial score (nSPS) is 10.6. The highest BCUT2D eigenvalue weighted by Gasteiger charge is 2.19. The average molecular weight is 398 g/mol. The van der Waals surface area contributed by atoms with Crippen LogP contribution in [0.25, 0.3) is 16.9 Å². The smallest absolute Gasteiger partial charge is 0.342 e. The Morgan fingerprint density at radius 3 is 2.23 bits per heavy atom. The van der Waals surface area contributed by atoms with Gasteiger partial charge in [0.05, 0.1) is 5.69 Å². The predicted octanol–water partition coefficient (Wildman–Crippen LogP) is 5.08. The fourth-order valence-corrected chi connectivity index (χ4v) is 3.05. The van der Waals surface area contributed by atoms with E-state index in [1.807, 2.05) is 91.9 Å². The minimum atomic E-state index is -0.427. The van der Waals surface area contributed by atoms with Crippen molar-refractivity contribution in [3.8, 4) is 22.7 Å². The first-order valence-corrected chi connectivity index (χ1v) is 9.78. The molecule has 5 nitrogen and oxygen atoms in total. The Morgan fingerprint density at radius 2 is 1.53 bits per heavy atom. The molecule has 1 heterocycles. The van der Waals surface area contributed by atoms with Crippen LogP contribution in [-0.4, -0.2) is 29.0 Å². The second-order valence-electron chi connectivity index (χ2n) is 6.83. The topological polar surface area (TPSA) is 53.4 Å². The predicted molar refractivity (Wildman–Crippen MR) is 116 cm³/mol. The maximum Gasteiger partial charge on any atom is 0.342 e. The molecular weight excluding hydrogens is 376 g/mol. The van der Waals surface area contributed by atoms with Gasteiger partial charge in [-0.25, -0.2) is 9.48 Å². The molecule has 0 saturated carbocycles. The molecule has 0 N–H and O–H groups in total. The van der Waals surface area contributed by atoms with Crippen LogP contribution in [0.3, 0.4) is 0 Å². The van der Waals surface area contributed by atoms with Crippen LogP contribution in [0.4, 0.5) is 0 Å².